The fourth-order valence-electron chi connectivity index (χ4n) is 3.51. The molecular formula is C21H26N4OS2. The number of hydrogen-bond acceptors (Lipinski definition) is 6. The normalized spacial score (nSPS) is 14.6. The van der Waals surface area contributed by atoms with Crippen LogP contribution in [0.25, 0.3) is 10.2 Å². The molecule has 0 radical (unpaired) electrons. The van der Waals surface area contributed by atoms with E-state index in [1.165, 1.54) is 28.6 Å². The highest BCUT2D eigenvalue weighted by Gasteiger charge is 2.22. The van der Waals surface area contributed by atoms with Gasteiger partial charge in [-0.3, -0.25) is 9.36 Å². The van der Waals surface area contributed by atoms with Crippen LogP contribution in [0, 0.1) is 34.5 Å². The zero-order valence-electron chi connectivity index (χ0n) is 16.5. The number of thioether (sulfide) groups is 1. The van der Waals surface area contributed by atoms with Crippen LogP contribution in [0.5, 0.6) is 0 Å². The Bertz CT molecular complexity index is 977. The van der Waals surface area contributed by atoms with Gasteiger partial charge in [-0.15, -0.1) is 11.3 Å². The lowest BCUT2D eigenvalue weighted by atomic mass is 9.97. The molecule has 1 aliphatic carbocycles. The number of nitriles is 2. The summed E-state index contributed by atoms with van der Waals surface area (Å²) in [7, 11) is 0. The van der Waals surface area contributed by atoms with Gasteiger partial charge in [0.15, 0.2) is 5.16 Å². The zero-order valence-corrected chi connectivity index (χ0v) is 18.2. The van der Waals surface area contributed by atoms with Crippen LogP contribution >= 0.6 is 23.1 Å². The molecule has 0 saturated carbocycles. The fourth-order valence-corrected chi connectivity index (χ4v) is 5.90. The van der Waals surface area contributed by atoms with Crippen molar-refractivity contribution in [3.8, 4) is 12.1 Å². The Labute approximate surface area is 174 Å². The molecule has 3 rings (SSSR count). The highest BCUT2D eigenvalue weighted by Crippen LogP contribution is 2.35. The number of rotatable bonds is 8. The van der Waals surface area contributed by atoms with Gasteiger partial charge in [0.1, 0.15) is 4.83 Å². The SMILES string of the molecule is CC(C)CCn1c(SC[C@H](C#N)CCC#N)nc2sc3c(c2c1=O)CCCC3. The Morgan fingerprint density at radius 1 is 1.25 bits per heavy atom. The lowest BCUT2D eigenvalue weighted by Crippen LogP contribution is -2.25. The third kappa shape index (κ3) is 4.59. The number of aromatic nitrogens is 2. The highest BCUT2D eigenvalue weighted by atomic mass is 32.2. The van der Waals surface area contributed by atoms with E-state index in [2.05, 4.69) is 26.0 Å². The van der Waals surface area contributed by atoms with Gasteiger partial charge in [0, 0.05) is 23.6 Å². The van der Waals surface area contributed by atoms with E-state index in [1.54, 1.807) is 11.3 Å². The van der Waals surface area contributed by atoms with Gasteiger partial charge in [-0.25, -0.2) is 4.98 Å². The first-order chi connectivity index (χ1) is 13.5. The van der Waals surface area contributed by atoms with Crippen LogP contribution < -0.4 is 5.56 Å². The van der Waals surface area contributed by atoms with Gasteiger partial charge in [0.25, 0.3) is 5.56 Å². The van der Waals surface area contributed by atoms with E-state index in [1.807, 2.05) is 4.57 Å². The average molecular weight is 415 g/mol. The fraction of sp³-hybridized carbons (Fsp3) is 0.619. The third-order valence-corrected chi connectivity index (χ3v) is 7.50. The lowest BCUT2D eigenvalue weighted by Gasteiger charge is -2.15. The van der Waals surface area contributed by atoms with E-state index in [0.717, 1.165) is 35.9 Å². The van der Waals surface area contributed by atoms with E-state index in [4.69, 9.17) is 10.2 Å². The zero-order chi connectivity index (χ0) is 20.1. The molecule has 5 nitrogen and oxygen atoms in total. The molecule has 2 aromatic rings. The molecule has 0 aromatic carbocycles. The minimum Gasteiger partial charge on any atom is -0.287 e. The van der Waals surface area contributed by atoms with Crippen LogP contribution in [0.3, 0.4) is 0 Å². The quantitative estimate of drug-likeness (QED) is 0.452. The first-order valence-corrected chi connectivity index (χ1v) is 11.8. The Kier molecular flexibility index (Phi) is 7.15. The summed E-state index contributed by atoms with van der Waals surface area (Å²) in [5.41, 5.74) is 1.31. The molecule has 148 valence electrons. The van der Waals surface area contributed by atoms with Crippen molar-refractivity contribution in [2.24, 2.45) is 11.8 Å². The summed E-state index contributed by atoms with van der Waals surface area (Å²) in [6.07, 6.45) is 6.22. The third-order valence-electron chi connectivity index (χ3n) is 5.17. The standard InChI is InChI=1S/C21H26N4OS2/c1-14(2)9-11-25-20(26)18-16-7-3-4-8-17(16)28-19(18)24-21(25)27-13-15(12-23)6-5-10-22/h14-15H,3-9,11,13H2,1-2H3/t15-/m0/s1. The van der Waals surface area contributed by atoms with Gasteiger partial charge in [-0.1, -0.05) is 25.6 Å². The van der Waals surface area contributed by atoms with Crippen molar-refractivity contribution in [1.82, 2.24) is 9.55 Å². The molecule has 0 amide bonds. The van der Waals surface area contributed by atoms with Crippen molar-refractivity contribution in [1.29, 1.82) is 10.5 Å². The van der Waals surface area contributed by atoms with Gasteiger partial charge in [0.05, 0.1) is 23.4 Å². The molecule has 0 bridgehead atoms. The van der Waals surface area contributed by atoms with E-state index >= 15 is 0 Å². The van der Waals surface area contributed by atoms with Crippen LogP contribution in [-0.2, 0) is 19.4 Å². The molecule has 0 saturated heterocycles. The Morgan fingerprint density at radius 3 is 2.75 bits per heavy atom. The number of fused-ring (bicyclic) bond motifs is 3. The topological polar surface area (TPSA) is 82.5 Å². The van der Waals surface area contributed by atoms with E-state index in [-0.39, 0.29) is 11.5 Å². The monoisotopic (exact) mass is 414 g/mol. The molecule has 0 N–H and O–H groups in total. The molecule has 0 unspecified atom stereocenters. The van der Waals surface area contributed by atoms with Crippen LogP contribution in [0.2, 0.25) is 0 Å². The van der Waals surface area contributed by atoms with E-state index in [0.29, 0.717) is 36.2 Å². The van der Waals surface area contributed by atoms with Crippen molar-refractivity contribution in [2.75, 3.05) is 5.75 Å². The molecule has 0 spiro atoms. The summed E-state index contributed by atoms with van der Waals surface area (Å²) in [4.78, 5) is 20.4. The van der Waals surface area contributed by atoms with Crippen LogP contribution in [0.4, 0.5) is 0 Å². The Morgan fingerprint density at radius 2 is 2.04 bits per heavy atom. The second kappa shape index (κ2) is 9.58. The Balaban J connectivity index is 1.97. The summed E-state index contributed by atoms with van der Waals surface area (Å²) in [6, 6.07) is 4.39. The molecule has 1 aliphatic rings. The second-order valence-electron chi connectivity index (χ2n) is 7.76. The van der Waals surface area contributed by atoms with Crippen LogP contribution in [0.15, 0.2) is 9.95 Å². The number of aryl methyl sites for hydroxylation is 2. The number of hydrogen-bond donors (Lipinski definition) is 0. The van der Waals surface area contributed by atoms with Crippen molar-refractivity contribution >= 4 is 33.3 Å². The van der Waals surface area contributed by atoms with Gasteiger partial charge in [0.2, 0.25) is 0 Å². The summed E-state index contributed by atoms with van der Waals surface area (Å²) in [5.74, 6) is 0.856. The molecule has 2 heterocycles. The maximum Gasteiger partial charge on any atom is 0.263 e. The average Bonchev–Trinajstić information content (AvgIpc) is 3.06. The highest BCUT2D eigenvalue weighted by molar-refractivity contribution is 7.99. The maximum absolute atomic E-state index is 13.4. The molecule has 0 aliphatic heterocycles. The van der Waals surface area contributed by atoms with Gasteiger partial charge >= 0.3 is 0 Å². The first-order valence-electron chi connectivity index (χ1n) is 9.99. The summed E-state index contributed by atoms with van der Waals surface area (Å²) < 4.78 is 1.83. The van der Waals surface area contributed by atoms with E-state index < -0.39 is 0 Å². The minimum atomic E-state index is -0.202. The molecule has 0 fully saturated rings. The predicted molar refractivity (Wildman–Crippen MR) is 115 cm³/mol. The van der Waals surface area contributed by atoms with Gasteiger partial charge in [-0.05, 0) is 50.0 Å². The van der Waals surface area contributed by atoms with Gasteiger partial charge < -0.3 is 0 Å². The number of nitrogens with zero attached hydrogens (tertiary/aromatic N) is 4. The molecule has 1 atom stereocenters. The minimum absolute atomic E-state index is 0.0816. The number of thiophene rings is 1. The molecule has 2 aromatic heterocycles. The summed E-state index contributed by atoms with van der Waals surface area (Å²) >= 11 is 3.15. The van der Waals surface area contributed by atoms with Crippen molar-refractivity contribution in [3.05, 3.63) is 20.8 Å². The first kappa shape index (κ1) is 20.9. The second-order valence-corrected chi connectivity index (χ2v) is 9.83. The molecule has 7 heteroatoms. The molecule has 28 heavy (non-hydrogen) atoms. The molecular weight excluding hydrogens is 388 g/mol. The lowest BCUT2D eigenvalue weighted by molar-refractivity contribution is 0.480. The smallest absolute Gasteiger partial charge is 0.263 e. The predicted octanol–water partition coefficient (Wildman–Crippen LogP) is 4.92. The van der Waals surface area contributed by atoms with Crippen molar-refractivity contribution in [2.45, 2.75) is 70.5 Å². The van der Waals surface area contributed by atoms with Crippen LogP contribution in [0.1, 0.15) is 56.4 Å². The van der Waals surface area contributed by atoms with E-state index in [9.17, 15) is 10.1 Å². The maximum atomic E-state index is 13.4. The van der Waals surface area contributed by atoms with Crippen molar-refractivity contribution < 1.29 is 0 Å². The summed E-state index contributed by atoms with van der Waals surface area (Å²) in [6.45, 7) is 4.97. The van der Waals surface area contributed by atoms with Crippen molar-refractivity contribution in [3.63, 3.8) is 0 Å². The Hall–Kier alpha value is -1.83. The van der Waals surface area contributed by atoms with Crippen LogP contribution in [-0.4, -0.2) is 15.3 Å². The largest absolute Gasteiger partial charge is 0.287 e. The summed E-state index contributed by atoms with van der Waals surface area (Å²) in [5, 5.41) is 19.7. The van der Waals surface area contributed by atoms with Gasteiger partial charge in [-0.2, -0.15) is 10.5 Å².